The molecule has 0 spiro atoms. The smallest absolute Gasteiger partial charge is 0.331 e. The Bertz CT molecular complexity index is 846. The zero-order valence-electron chi connectivity index (χ0n) is 14.1. The number of halogens is 2. The number of Topliss-reactive ketones (excluding diaryl/α,β-unsaturated/α-hetero) is 1. The van der Waals surface area contributed by atoms with Crippen molar-refractivity contribution in [2.24, 2.45) is 0 Å². The van der Waals surface area contributed by atoms with Crippen molar-refractivity contribution in [2.75, 3.05) is 20.8 Å². The van der Waals surface area contributed by atoms with Crippen LogP contribution < -0.4 is 9.47 Å². The molecule has 2 aromatic rings. The van der Waals surface area contributed by atoms with Gasteiger partial charge in [0.05, 0.1) is 14.2 Å². The van der Waals surface area contributed by atoms with E-state index in [0.29, 0.717) is 17.1 Å². The Morgan fingerprint density at radius 3 is 2.35 bits per heavy atom. The fraction of sp³-hybridized carbons (Fsp3) is 0.158. The molecular formula is C19H16F2O5. The van der Waals surface area contributed by atoms with Crippen molar-refractivity contribution < 1.29 is 32.6 Å². The van der Waals surface area contributed by atoms with E-state index in [1.165, 1.54) is 20.3 Å². The molecule has 0 unspecified atom stereocenters. The number of methoxy groups -OCH3 is 2. The highest BCUT2D eigenvalue weighted by atomic mass is 19.2. The van der Waals surface area contributed by atoms with Crippen LogP contribution in [-0.2, 0) is 9.53 Å². The average molecular weight is 362 g/mol. The lowest BCUT2D eigenvalue weighted by Crippen LogP contribution is -2.13. The Balaban J connectivity index is 1.94. The first-order chi connectivity index (χ1) is 12.4. The molecule has 0 saturated carbocycles. The largest absolute Gasteiger partial charge is 0.493 e. The lowest BCUT2D eigenvalue weighted by Gasteiger charge is -2.07. The molecule has 2 rings (SSSR count). The number of ether oxygens (including phenoxy) is 3. The molecule has 7 heteroatoms. The SMILES string of the molecule is COc1ccc(/C=C/C(=O)OCC(=O)c2ccc(F)c(F)c2)cc1OC. The number of carbonyl (C=O) groups excluding carboxylic acids is 2. The van der Waals surface area contributed by atoms with Gasteiger partial charge in [0.15, 0.2) is 35.5 Å². The molecule has 5 nitrogen and oxygen atoms in total. The van der Waals surface area contributed by atoms with Crippen LogP contribution >= 0.6 is 0 Å². The zero-order chi connectivity index (χ0) is 19.1. The van der Waals surface area contributed by atoms with Gasteiger partial charge in [-0.05, 0) is 42.0 Å². The van der Waals surface area contributed by atoms with Gasteiger partial charge in [-0.15, -0.1) is 0 Å². The normalized spacial score (nSPS) is 10.6. The first-order valence-electron chi connectivity index (χ1n) is 7.49. The summed E-state index contributed by atoms with van der Waals surface area (Å²) in [5.41, 5.74) is 0.576. The molecule has 26 heavy (non-hydrogen) atoms. The van der Waals surface area contributed by atoms with Gasteiger partial charge in [-0.3, -0.25) is 4.79 Å². The first kappa shape index (κ1) is 19.1. The van der Waals surface area contributed by atoms with E-state index in [2.05, 4.69) is 0 Å². The summed E-state index contributed by atoms with van der Waals surface area (Å²) in [7, 11) is 3.00. The van der Waals surface area contributed by atoms with E-state index in [0.717, 1.165) is 24.3 Å². The summed E-state index contributed by atoms with van der Waals surface area (Å²) in [5.74, 6) is -2.56. The van der Waals surface area contributed by atoms with Gasteiger partial charge in [0, 0.05) is 11.6 Å². The predicted molar refractivity (Wildman–Crippen MR) is 90.2 cm³/mol. The van der Waals surface area contributed by atoms with Crippen LogP contribution in [0.1, 0.15) is 15.9 Å². The minimum absolute atomic E-state index is 0.0828. The summed E-state index contributed by atoms with van der Waals surface area (Å²) in [6.45, 7) is -0.583. The van der Waals surface area contributed by atoms with Crippen LogP contribution in [0.25, 0.3) is 6.08 Å². The number of esters is 1. The molecule has 0 heterocycles. The fourth-order valence-electron chi connectivity index (χ4n) is 2.06. The van der Waals surface area contributed by atoms with Crippen LogP contribution in [0.15, 0.2) is 42.5 Å². The summed E-state index contributed by atoms with van der Waals surface area (Å²) in [5, 5.41) is 0. The van der Waals surface area contributed by atoms with Crippen LogP contribution in [0.3, 0.4) is 0 Å². The van der Waals surface area contributed by atoms with E-state index in [-0.39, 0.29) is 5.56 Å². The van der Waals surface area contributed by atoms with Crippen molar-refractivity contribution in [3.05, 3.63) is 65.2 Å². The van der Waals surface area contributed by atoms with E-state index >= 15 is 0 Å². The monoisotopic (exact) mass is 362 g/mol. The number of hydrogen-bond acceptors (Lipinski definition) is 5. The second-order valence-electron chi connectivity index (χ2n) is 5.11. The standard InChI is InChI=1S/C19H16F2O5/c1-24-17-7-3-12(9-18(17)25-2)4-8-19(23)26-11-16(22)13-5-6-14(20)15(21)10-13/h3-10H,11H2,1-2H3/b8-4+. The molecule has 0 aliphatic rings. The Kier molecular flexibility index (Phi) is 6.43. The topological polar surface area (TPSA) is 61.8 Å². The molecule has 0 bridgehead atoms. The summed E-state index contributed by atoms with van der Waals surface area (Å²) in [6, 6.07) is 7.75. The van der Waals surface area contributed by atoms with E-state index < -0.39 is 30.0 Å². The quantitative estimate of drug-likeness (QED) is 0.429. The minimum Gasteiger partial charge on any atom is -0.493 e. The highest BCUT2D eigenvalue weighted by Crippen LogP contribution is 2.27. The predicted octanol–water partition coefficient (Wildman–Crippen LogP) is 3.42. The van der Waals surface area contributed by atoms with Crippen LogP contribution in [0.2, 0.25) is 0 Å². The molecule has 0 amide bonds. The summed E-state index contributed by atoms with van der Waals surface area (Å²) in [6.07, 6.45) is 2.62. The van der Waals surface area contributed by atoms with Gasteiger partial charge in [-0.2, -0.15) is 0 Å². The van der Waals surface area contributed by atoms with E-state index in [1.54, 1.807) is 18.2 Å². The van der Waals surface area contributed by atoms with Gasteiger partial charge >= 0.3 is 5.97 Å². The molecule has 0 atom stereocenters. The number of hydrogen-bond donors (Lipinski definition) is 0. The van der Waals surface area contributed by atoms with Crippen molar-refractivity contribution in [3.8, 4) is 11.5 Å². The molecule has 0 aliphatic carbocycles. The highest BCUT2D eigenvalue weighted by molar-refractivity contribution is 5.98. The second kappa shape index (κ2) is 8.75. The van der Waals surface area contributed by atoms with E-state index in [4.69, 9.17) is 14.2 Å². The van der Waals surface area contributed by atoms with Crippen molar-refractivity contribution in [2.45, 2.75) is 0 Å². The van der Waals surface area contributed by atoms with Crippen molar-refractivity contribution in [3.63, 3.8) is 0 Å². The number of carbonyl (C=O) groups is 2. The Labute approximate surface area is 148 Å². The van der Waals surface area contributed by atoms with Gasteiger partial charge in [0.2, 0.25) is 0 Å². The molecule has 0 saturated heterocycles. The lowest BCUT2D eigenvalue weighted by atomic mass is 10.1. The van der Waals surface area contributed by atoms with Gasteiger partial charge in [-0.1, -0.05) is 6.07 Å². The molecular weight excluding hydrogens is 346 g/mol. The molecule has 0 fully saturated rings. The van der Waals surface area contributed by atoms with Crippen LogP contribution in [-0.4, -0.2) is 32.6 Å². The second-order valence-corrected chi connectivity index (χ2v) is 5.11. The molecule has 0 aromatic heterocycles. The van der Waals surface area contributed by atoms with Crippen molar-refractivity contribution in [1.82, 2.24) is 0 Å². The Morgan fingerprint density at radius 2 is 1.69 bits per heavy atom. The highest BCUT2D eigenvalue weighted by Gasteiger charge is 2.11. The maximum absolute atomic E-state index is 13.1. The number of rotatable bonds is 7. The number of benzene rings is 2. The van der Waals surface area contributed by atoms with E-state index in [9.17, 15) is 18.4 Å². The van der Waals surface area contributed by atoms with Crippen molar-refractivity contribution >= 4 is 17.8 Å². The van der Waals surface area contributed by atoms with Gasteiger partial charge in [0.25, 0.3) is 0 Å². The maximum Gasteiger partial charge on any atom is 0.331 e. The Hall–Kier alpha value is -3.22. The zero-order valence-corrected chi connectivity index (χ0v) is 14.1. The van der Waals surface area contributed by atoms with Gasteiger partial charge in [0.1, 0.15) is 0 Å². The molecule has 136 valence electrons. The third-order valence-corrected chi connectivity index (χ3v) is 3.41. The summed E-state index contributed by atoms with van der Waals surface area (Å²) in [4.78, 5) is 23.5. The molecule has 2 aromatic carbocycles. The molecule has 0 N–H and O–H groups in total. The van der Waals surface area contributed by atoms with Crippen LogP contribution in [0, 0.1) is 11.6 Å². The average Bonchev–Trinajstić information content (AvgIpc) is 2.66. The molecule has 0 radical (unpaired) electrons. The van der Waals surface area contributed by atoms with E-state index in [1.807, 2.05) is 0 Å². The van der Waals surface area contributed by atoms with Gasteiger partial charge in [-0.25, -0.2) is 13.6 Å². The lowest BCUT2D eigenvalue weighted by molar-refractivity contribution is -0.136. The van der Waals surface area contributed by atoms with Crippen molar-refractivity contribution in [1.29, 1.82) is 0 Å². The molecule has 0 aliphatic heterocycles. The van der Waals surface area contributed by atoms with Crippen LogP contribution in [0.5, 0.6) is 11.5 Å². The Morgan fingerprint density at radius 1 is 0.962 bits per heavy atom. The third-order valence-electron chi connectivity index (χ3n) is 3.41. The van der Waals surface area contributed by atoms with Gasteiger partial charge < -0.3 is 14.2 Å². The summed E-state index contributed by atoms with van der Waals surface area (Å²) >= 11 is 0. The summed E-state index contributed by atoms with van der Waals surface area (Å²) < 4.78 is 41.0. The first-order valence-corrected chi connectivity index (χ1v) is 7.49. The third kappa shape index (κ3) is 4.89. The minimum atomic E-state index is -1.14. The maximum atomic E-state index is 13.1. The number of ketones is 1. The fourth-order valence-corrected chi connectivity index (χ4v) is 2.06. The van der Waals surface area contributed by atoms with Crippen LogP contribution in [0.4, 0.5) is 8.78 Å².